The number of aryl methyl sites for hydroxylation is 1. The molecule has 1 saturated carbocycles. The van der Waals surface area contributed by atoms with Crippen molar-refractivity contribution in [3.8, 4) is 5.75 Å². The topological polar surface area (TPSA) is 40.5 Å². The number of phenols is 1. The van der Waals surface area contributed by atoms with Crippen LogP contribution in [0.1, 0.15) is 61.9 Å². The minimum absolute atomic E-state index is 0.0675. The summed E-state index contributed by atoms with van der Waals surface area (Å²) in [5, 5.41) is 9.84. The summed E-state index contributed by atoms with van der Waals surface area (Å²) in [6, 6.07) is 5.63. The number of benzene rings is 1. The molecule has 1 aromatic carbocycles. The Kier molecular flexibility index (Phi) is 5.27. The van der Waals surface area contributed by atoms with Gasteiger partial charge in [0.05, 0.1) is 0 Å². The molecule has 1 aromatic rings. The Labute approximate surface area is 128 Å². The second-order valence-corrected chi connectivity index (χ2v) is 6.62. The molecule has 0 bridgehead atoms. The predicted octanol–water partition coefficient (Wildman–Crippen LogP) is 4.13. The largest absolute Gasteiger partial charge is 0.508 e. The monoisotopic (exact) mass is 289 g/mol. The normalized spacial score (nSPS) is 15.6. The number of aromatic hydroxyl groups is 1. The molecule has 0 atom stereocenters. The number of rotatable bonds is 5. The van der Waals surface area contributed by atoms with E-state index in [4.69, 9.17) is 0 Å². The van der Waals surface area contributed by atoms with E-state index in [1.54, 1.807) is 6.07 Å². The van der Waals surface area contributed by atoms with Crippen LogP contribution in [0.3, 0.4) is 0 Å². The Morgan fingerprint density at radius 3 is 2.57 bits per heavy atom. The highest BCUT2D eigenvalue weighted by Gasteiger charge is 2.27. The van der Waals surface area contributed by atoms with Crippen molar-refractivity contribution < 1.29 is 9.90 Å². The molecule has 1 aliphatic carbocycles. The maximum absolute atomic E-state index is 12.8. The Bertz CT molecular complexity index is 490. The van der Waals surface area contributed by atoms with E-state index in [0.717, 1.165) is 31.4 Å². The Hall–Kier alpha value is -1.51. The van der Waals surface area contributed by atoms with Crippen LogP contribution in [0.15, 0.2) is 18.2 Å². The summed E-state index contributed by atoms with van der Waals surface area (Å²) in [6.07, 6.45) is 5.69. The van der Waals surface area contributed by atoms with E-state index in [1.807, 2.05) is 24.0 Å². The second-order valence-electron chi connectivity index (χ2n) is 6.62. The second kappa shape index (κ2) is 6.97. The van der Waals surface area contributed by atoms with Crippen molar-refractivity contribution in [3.05, 3.63) is 29.3 Å². The van der Waals surface area contributed by atoms with Crippen molar-refractivity contribution in [2.24, 2.45) is 5.92 Å². The minimum Gasteiger partial charge on any atom is -0.508 e. The fourth-order valence-corrected chi connectivity index (χ4v) is 2.97. The first kappa shape index (κ1) is 15.9. The van der Waals surface area contributed by atoms with Crippen LogP contribution in [0.4, 0.5) is 0 Å². The summed E-state index contributed by atoms with van der Waals surface area (Å²) in [6.45, 7) is 7.04. The lowest BCUT2D eigenvalue weighted by Gasteiger charge is -2.30. The smallest absolute Gasteiger partial charge is 0.254 e. The minimum atomic E-state index is 0.0675. The third kappa shape index (κ3) is 3.99. The van der Waals surface area contributed by atoms with Crippen LogP contribution in [-0.2, 0) is 0 Å². The van der Waals surface area contributed by atoms with Crippen molar-refractivity contribution in [2.45, 2.75) is 58.9 Å². The van der Waals surface area contributed by atoms with E-state index < -0.39 is 0 Å². The van der Waals surface area contributed by atoms with E-state index in [0.29, 0.717) is 17.5 Å². The summed E-state index contributed by atoms with van der Waals surface area (Å²) < 4.78 is 0. The number of nitrogens with zero attached hydrogens (tertiary/aromatic N) is 1. The number of amides is 1. The van der Waals surface area contributed by atoms with Gasteiger partial charge in [-0.05, 0) is 49.8 Å². The molecule has 116 valence electrons. The molecule has 21 heavy (non-hydrogen) atoms. The van der Waals surface area contributed by atoms with Crippen LogP contribution in [0.5, 0.6) is 5.75 Å². The predicted molar refractivity (Wildman–Crippen MR) is 85.6 cm³/mol. The average Bonchev–Trinajstić information content (AvgIpc) is 2.95. The quantitative estimate of drug-likeness (QED) is 0.885. The molecule has 1 aliphatic rings. The molecule has 1 amide bonds. The van der Waals surface area contributed by atoms with Crippen molar-refractivity contribution >= 4 is 5.91 Å². The van der Waals surface area contributed by atoms with Gasteiger partial charge in [0.1, 0.15) is 5.75 Å². The summed E-state index contributed by atoms with van der Waals surface area (Å²) in [5.74, 6) is 0.863. The molecule has 3 heteroatoms. The van der Waals surface area contributed by atoms with Gasteiger partial charge in [0.2, 0.25) is 0 Å². The molecular weight excluding hydrogens is 262 g/mol. The van der Waals surface area contributed by atoms with Gasteiger partial charge >= 0.3 is 0 Å². The van der Waals surface area contributed by atoms with Crippen LogP contribution in [0, 0.1) is 12.8 Å². The van der Waals surface area contributed by atoms with Crippen molar-refractivity contribution in [1.29, 1.82) is 0 Å². The standard InChI is InChI=1S/C18H27NO2/c1-13(2)10-11-19(16-6-4-5-7-16)18(21)15-9-8-14(3)17(20)12-15/h8-9,12-13,16,20H,4-7,10-11H2,1-3H3. The van der Waals surface area contributed by atoms with Crippen LogP contribution in [-0.4, -0.2) is 28.5 Å². The van der Waals surface area contributed by atoms with Crippen LogP contribution >= 0.6 is 0 Å². The molecule has 0 aliphatic heterocycles. The fraction of sp³-hybridized carbons (Fsp3) is 0.611. The van der Waals surface area contributed by atoms with Gasteiger partial charge in [-0.1, -0.05) is 32.8 Å². The first-order valence-corrected chi connectivity index (χ1v) is 8.09. The molecule has 0 spiro atoms. The highest BCUT2D eigenvalue weighted by atomic mass is 16.3. The lowest BCUT2D eigenvalue weighted by Crippen LogP contribution is -2.40. The Morgan fingerprint density at radius 1 is 1.33 bits per heavy atom. The van der Waals surface area contributed by atoms with E-state index in [-0.39, 0.29) is 11.7 Å². The Balaban J connectivity index is 2.17. The van der Waals surface area contributed by atoms with Gasteiger partial charge in [0.15, 0.2) is 0 Å². The number of carbonyl (C=O) groups excluding carboxylic acids is 1. The summed E-state index contributed by atoms with van der Waals surface area (Å²) in [4.78, 5) is 14.9. The number of phenolic OH excluding ortho intramolecular Hbond substituents is 1. The molecule has 3 nitrogen and oxygen atoms in total. The zero-order valence-electron chi connectivity index (χ0n) is 13.4. The number of carbonyl (C=O) groups is 1. The third-order valence-electron chi connectivity index (χ3n) is 4.43. The third-order valence-corrected chi connectivity index (χ3v) is 4.43. The number of hydrogen-bond acceptors (Lipinski definition) is 2. The van der Waals surface area contributed by atoms with Crippen LogP contribution in [0.2, 0.25) is 0 Å². The van der Waals surface area contributed by atoms with Gasteiger partial charge in [0.25, 0.3) is 5.91 Å². The van der Waals surface area contributed by atoms with Crippen molar-refractivity contribution in [1.82, 2.24) is 4.90 Å². The molecule has 0 aromatic heterocycles. The molecule has 1 fully saturated rings. The van der Waals surface area contributed by atoms with Gasteiger partial charge in [-0.15, -0.1) is 0 Å². The molecule has 2 rings (SSSR count). The van der Waals surface area contributed by atoms with Crippen LogP contribution < -0.4 is 0 Å². The van der Waals surface area contributed by atoms with Crippen LogP contribution in [0.25, 0.3) is 0 Å². The first-order valence-electron chi connectivity index (χ1n) is 8.09. The van der Waals surface area contributed by atoms with Gasteiger partial charge in [-0.25, -0.2) is 0 Å². The SMILES string of the molecule is Cc1ccc(C(=O)N(CCC(C)C)C2CCCC2)cc1O. The maximum Gasteiger partial charge on any atom is 0.254 e. The number of hydrogen-bond donors (Lipinski definition) is 1. The summed E-state index contributed by atoms with van der Waals surface area (Å²) in [5.41, 5.74) is 1.41. The molecule has 0 unspecified atom stereocenters. The summed E-state index contributed by atoms with van der Waals surface area (Å²) >= 11 is 0. The van der Waals surface area contributed by atoms with E-state index >= 15 is 0 Å². The van der Waals surface area contributed by atoms with Crippen molar-refractivity contribution in [3.63, 3.8) is 0 Å². The lowest BCUT2D eigenvalue weighted by atomic mass is 10.1. The average molecular weight is 289 g/mol. The van der Waals surface area contributed by atoms with E-state index in [2.05, 4.69) is 13.8 Å². The highest BCUT2D eigenvalue weighted by Crippen LogP contribution is 2.27. The van der Waals surface area contributed by atoms with Gasteiger partial charge in [0, 0.05) is 18.2 Å². The maximum atomic E-state index is 12.8. The molecule has 0 heterocycles. The van der Waals surface area contributed by atoms with Gasteiger partial charge < -0.3 is 10.0 Å². The Morgan fingerprint density at radius 2 is 2.00 bits per heavy atom. The molecule has 1 N–H and O–H groups in total. The highest BCUT2D eigenvalue weighted by molar-refractivity contribution is 5.95. The molecule has 0 radical (unpaired) electrons. The fourth-order valence-electron chi connectivity index (χ4n) is 2.97. The molecular formula is C18H27NO2. The summed E-state index contributed by atoms with van der Waals surface area (Å²) in [7, 11) is 0. The van der Waals surface area contributed by atoms with E-state index in [9.17, 15) is 9.90 Å². The molecule has 0 saturated heterocycles. The lowest BCUT2D eigenvalue weighted by molar-refractivity contribution is 0.0671. The first-order chi connectivity index (χ1) is 9.99. The zero-order valence-corrected chi connectivity index (χ0v) is 13.4. The zero-order chi connectivity index (χ0) is 15.4. The van der Waals surface area contributed by atoms with Crippen molar-refractivity contribution in [2.75, 3.05) is 6.54 Å². The van der Waals surface area contributed by atoms with Gasteiger partial charge in [-0.3, -0.25) is 4.79 Å². The van der Waals surface area contributed by atoms with E-state index in [1.165, 1.54) is 12.8 Å². The van der Waals surface area contributed by atoms with Gasteiger partial charge in [-0.2, -0.15) is 0 Å².